The summed E-state index contributed by atoms with van der Waals surface area (Å²) in [4.78, 5) is 28.5. The van der Waals surface area contributed by atoms with E-state index in [1.165, 1.54) is 13.3 Å². The minimum Gasteiger partial charge on any atom is -0.426 e. The number of nitrogens with two attached hydrogens (primary N) is 1. The highest BCUT2D eigenvalue weighted by Gasteiger charge is 2.65. The van der Waals surface area contributed by atoms with Crippen molar-refractivity contribution in [1.82, 2.24) is 20.0 Å². The van der Waals surface area contributed by atoms with Gasteiger partial charge >= 0.3 is 0 Å². The van der Waals surface area contributed by atoms with E-state index < -0.39 is 17.7 Å². The molecule has 3 rings (SSSR count). The van der Waals surface area contributed by atoms with Gasteiger partial charge in [-0.15, -0.1) is 10.2 Å². The van der Waals surface area contributed by atoms with E-state index in [9.17, 15) is 14.7 Å². The fourth-order valence-electron chi connectivity index (χ4n) is 3.61. The third-order valence-corrected chi connectivity index (χ3v) is 4.99. The zero-order valence-corrected chi connectivity index (χ0v) is 13.2. The maximum absolute atomic E-state index is 12.8. The van der Waals surface area contributed by atoms with Gasteiger partial charge in [-0.2, -0.15) is 0 Å². The van der Waals surface area contributed by atoms with E-state index in [-0.39, 0.29) is 24.4 Å². The fourth-order valence-corrected chi connectivity index (χ4v) is 3.61. The number of likely N-dealkylation sites (tertiary alicyclic amines) is 2. The predicted molar refractivity (Wildman–Crippen MR) is 77.6 cm³/mol. The number of carbonyl (C=O) groups excluding carboxylic acids is 2. The maximum atomic E-state index is 12.8. The molecular formula is C14H21N5O4. The van der Waals surface area contributed by atoms with Crippen LogP contribution in [0.25, 0.3) is 0 Å². The van der Waals surface area contributed by atoms with Crippen molar-refractivity contribution in [2.45, 2.75) is 57.0 Å². The summed E-state index contributed by atoms with van der Waals surface area (Å²) in [7, 11) is 0. The Balaban J connectivity index is 1.78. The van der Waals surface area contributed by atoms with Crippen LogP contribution in [0.5, 0.6) is 0 Å². The molecule has 1 aromatic rings. The lowest BCUT2D eigenvalue weighted by molar-refractivity contribution is -0.179. The summed E-state index contributed by atoms with van der Waals surface area (Å²) in [6.45, 7) is 4.08. The van der Waals surface area contributed by atoms with Crippen molar-refractivity contribution in [2.75, 3.05) is 6.54 Å². The van der Waals surface area contributed by atoms with Crippen LogP contribution in [-0.2, 0) is 16.1 Å². The van der Waals surface area contributed by atoms with Crippen molar-refractivity contribution in [2.24, 2.45) is 5.73 Å². The van der Waals surface area contributed by atoms with Gasteiger partial charge in [-0.3, -0.25) is 9.59 Å². The number of hydrogen-bond donors (Lipinski definition) is 2. The molecule has 3 N–H and O–H groups in total. The molecule has 3 heterocycles. The van der Waals surface area contributed by atoms with Gasteiger partial charge in [-0.25, -0.2) is 0 Å². The Bertz CT molecular complexity index is 604. The molecule has 0 radical (unpaired) electrons. The van der Waals surface area contributed by atoms with Gasteiger partial charge in [-0.1, -0.05) is 0 Å². The highest BCUT2D eigenvalue weighted by molar-refractivity contribution is 5.99. The Hall–Kier alpha value is -2.00. The number of amides is 2. The van der Waals surface area contributed by atoms with Crippen LogP contribution in [0.1, 0.15) is 32.6 Å². The van der Waals surface area contributed by atoms with Gasteiger partial charge in [0.25, 0.3) is 5.91 Å². The second kappa shape index (κ2) is 5.57. The normalized spacial score (nSPS) is 29.7. The van der Waals surface area contributed by atoms with Gasteiger partial charge in [0.05, 0.1) is 18.7 Å². The molecule has 0 aromatic carbocycles. The summed E-state index contributed by atoms with van der Waals surface area (Å²) in [5.41, 5.74) is 4.92. The molecule has 0 aliphatic carbocycles. The number of nitrogens with zero attached hydrogens (tertiary/aromatic N) is 4. The Morgan fingerprint density at radius 1 is 1.65 bits per heavy atom. The van der Waals surface area contributed by atoms with Gasteiger partial charge in [-0.05, 0) is 26.7 Å². The molecule has 4 atom stereocenters. The summed E-state index contributed by atoms with van der Waals surface area (Å²) in [6, 6.07) is -1.19. The lowest BCUT2D eigenvalue weighted by atomic mass is 9.77. The molecular weight excluding hydrogens is 302 g/mol. The topological polar surface area (TPSA) is 126 Å². The molecule has 3 unspecified atom stereocenters. The van der Waals surface area contributed by atoms with Crippen molar-refractivity contribution in [1.29, 1.82) is 0 Å². The zero-order valence-electron chi connectivity index (χ0n) is 13.2. The molecule has 1 spiro atoms. The molecule has 1 aromatic heterocycles. The molecule has 2 fully saturated rings. The molecule has 2 aliphatic heterocycles. The Labute approximate surface area is 133 Å². The van der Waals surface area contributed by atoms with E-state index in [0.717, 1.165) is 6.42 Å². The fraction of sp³-hybridized carbons (Fsp3) is 0.714. The Morgan fingerprint density at radius 2 is 2.39 bits per heavy atom. The molecule has 2 aliphatic rings. The predicted octanol–water partition coefficient (Wildman–Crippen LogP) is -1.13. The minimum absolute atomic E-state index is 0.133. The standard InChI is InChI=1S/C14H21N5O4/c1-8(20)11(15)12(21)19-5-3-4-14(19)9(2)18(13(14)22)6-10-17-16-7-23-10/h7-9,11,20H,3-6,15H2,1-2H3/t8?,9?,11-,14?/m0/s1. The number of rotatable bonds is 4. The monoisotopic (exact) mass is 323 g/mol. The van der Waals surface area contributed by atoms with Gasteiger partial charge in [0, 0.05) is 6.54 Å². The average molecular weight is 323 g/mol. The van der Waals surface area contributed by atoms with Crippen LogP contribution in [-0.4, -0.2) is 67.2 Å². The molecule has 2 saturated heterocycles. The number of aliphatic hydroxyl groups is 1. The van der Waals surface area contributed by atoms with Gasteiger partial charge in [0.2, 0.25) is 18.2 Å². The number of aliphatic hydroxyl groups excluding tert-OH is 1. The summed E-state index contributed by atoms with van der Waals surface area (Å²) in [5, 5.41) is 17.0. The van der Waals surface area contributed by atoms with Gasteiger partial charge in [0.15, 0.2) is 0 Å². The highest BCUT2D eigenvalue weighted by atomic mass is 16.4. The van der Waals surface area contributed by atoms with E-state index in [1.54, 1.807) is 9.80 Å². The summed E-state index contributed by atoms with van der Waals surface area (Å²) < 4.78 is 5.08. The molecule has 23 heavy (non-hydrogen) atoms. The van der Waals surface area contributed by atoms with Gasteiger partial charge < -0.3 is 25.1 Å². The minimum atomic E-state index is -1.02. The molecule has 0 saturated carbocycles. The number of aromatic nitrogens is 2. The van der Waals surface area contributed by atoms with E-state index in [0.29, 0.717) is 18.9 Å². The van der Waals surface area contributed by atoms with Crippen LogP contribution in [0.15, 0.2) is 10.8 Å². The smallest absolute Gasteiger partial charge is 0.251 e. The van der Waals surface area contributed by atoms with Crippen LogP contribution in [0, 0.1) is 0 Å². The third-order valence-electron chi connectivity index (χ3n) is 4.99. The highest BCUT2D eigenvalue weighted by Crippen LogP contribution is 2.45. The van der Waals surface area contributed by atoms with E-state index >= 15 is 0 Å². The number of carbonyl (C=O) groups is 2. The summed E-state index contributed by atoms with van der Waals surface area (Å²) in [5.74, 6) is -0.154. The van der Waals surface area contributed by atoms with Crippen molar-refractivity contribution < 1.29 is 19.1 Å². The number of β-lactam (4-membered cyclic amide) rings is 1. The van der Waals surface area contributed by atoms with Crippen molar-refractivity contribution in [3.63, 3.8) is 0 Å². The Morgan fingerprint density at radius 3 is 2.96 bits per heavy atom. The lowest BCUT2D eigenvalue weighted by Crippen LogP contribution is -2.78. The van der Waals surface area contributed by atoms with Gasteiger partial charge in [0.1, 0.15) is 11.6 Å². The second-order valence-electron chi connectivity index (χ2n) is 6.23. The van der Waals surface area contributed by atoms with Crippen molar-refractivity contribution >= 4 is 11.8 Å². The van der Waals surface area contributed by atoms with Crippen LogP contribution in [0.4, 0.5) is 0 Å². The quantitative estimate of drug-likeness (QED) is 0.671. The first-order valence-corrected chi connectivity index (χ1v) is 7.71. The second-order valence-corrected chi connectivity index (χ2v) is 6.23. The average Bonchev–Trinajstić information content (AvgIpc) is 3.20. The van der Waals surface area contributed by atoms with Crippen LogP contribution < -0.4 is 5.73 Å². The van der Waals surface area contributed by atoms with E-state index in [1.807, 2.05) is 6.92 Å². The molecule has 9 nitrogen and oxygen atoms in total. The maximum Gasteiger partial charge on any atom is 0.251 e. The van der Waals surface area contributed by atoms with E-state index in [4.69, 9.17) is 10.2 Å². The first-order valence-electron chi connectivity index (χ1n) is 7.71. The first-order chi connectivity index (χ1) is 10.9. The summed E-state index contributed by atoms with van der Waals surface area (Å²) in [6.07, 6.45) is 1.60. The SMILES string of the molecule is CC(O)[C@H](N)C(=O)N1CCCC12C(=O)N(Cc1nnco1)C2C. The van der Waals surface area contributed by atoms with Crippen molar-refractivity contribution in [3.8, 4) is 0 Å². The van der Waals surface area contributed by atoms with Crippen LogP contribution in [0.2, 0.25) is 0 Å². The van der Waals surface area contributed by atoms with Crippen molar-refractivity contribution in [3.05, 3.63) is 12.3 Å². The number of hydrogen-bond acceptors (Lipinski definition) is 7. The van der Waals surface area contributed by atoms with Crippen LogP contribution >= 0.6 is 0 Å². The summed E-state index contributed by atoms with van der Waals surface area (Å²) >= 11 is 0. The Kier molecular flexibility index (Phi) is 3.85. The van der Waals surface area contributed by atoms with E-state index in [2.05, 4.69) is 10.2 Å². The molecule has 126 valence electrons. The zero-order chi connectivity index (χ0) is 16.8. The first kappa shape index (κ1) is 15.9. The molecule has 9 heteroatoms. The van der Waals surface area contributed by atoms with Crippen LogP contribution in [0.3, 0.4) is 0 Å². The molecule has 2 amide bonds. The third kappa shape index (κ3) is 2.22. The largest absolute Gasteiger partial charge is 0.426 e. The lowest BCUT2D eigenvalue weighted by Gasteiger charge is -2.56. The molecule has 0 bridgehead atoms.